The van der Waals surface area contributed by atoms with E-state index >= 15 is 0 Å². The average molecular weight is 413 g/mol. The number of nitrogens with zero attached hydrogens (tertiary/aromatic N) is 1. The number of ether oxygens (including phenoxy) is 1. The van der Waals surface area contributed by atoms with Crippen molar-refractivity contribution < 1.29 is 9.53 Å². The molecule has 1 amide bonds. The number of hydrogen-bond donors (Lipinski definition) is 3. The Kier molecular flexibility index (Phi) is 8.40. The molecule has 1 aliphatic rings. The Morgan fingerprint density at radius 3 is 2.79 bits per heavy atom. The van der Waals surface area contributed by atoms with Crippen LogP contribution in [0.15, 0.2) is 64.5 Å². The lowest BCUT2D eigenvalue weighted by atomic mass is 10.2. The maximum atomic E-state index is 12.2. The molecule has 2 aromatic rings. The van der Waals surface area contributed by atoms with Crippen LogP contribution in [0.25, 0.3) is 0 Å². The Hall–Kier alpha value is -2.51. The van der Waals surface area contributed by atoms with Gasteiger partial charge in [0.2, 0.25) is 0 Å². The highest BCUT2D eigenvalue weighted by atomic mass is 32.2. The number of aliphatic imine (C=N–C) groups is 1. The molecule has 7 heteroatoms. The Bertz CT molecular complexity index is 807. The highest BCUT2D eigenvalue weighted by Crippen LogP contribution is 2.17. The normalized spacial score (nSPS) is 16.4. The highest BCUT2D eigenvalue weighted by molar-refractivity contribution is 7.99. The number of carbonyl (C=O) groups is 1. The number of carbonyl (C=O) groups excluding carboxylic acids is 1. The molecule has 3 rings (SSSR count). The number of anilines is 1. The SMILES string of the molecule is CN=C(NCCSc1ccccc1)NCc1cccc(NC(=O)C2CCCO2)c1. The lowest BCUT2D eigenvalue weighted by Crippen LogP contribution is -2.37. The molecule has 1 heterocycles. The van der Waals surface area contributed by atoms with E-state index < -0.39 is 0 Å². The van der Waals surface area contributed by atoms with E-state index in [2.05, 4.69) is 33.1 Å². The first-order valence-electron chi connectivity index (χ1n) is 9.88. The Morgan fingerprint density at radius 2 is 2.03 bits per heavy atom. The second-order valence-corrected chi connectivity index (χ2v) is 7.87. The van der Waals surface area contributed by atoms with Gasteiger partial charge in [-0.05, 0) is 42.7 Å². The van der Waals surface area contributed by atoms with Gasteiger partial charge in [0.05, 0.1) is 0 Å². The maximum Gasteiger partial charge on any atom is 0.253 e. The van der Waals surface area contributed by atoms with Gasteiger partial charge in [0.1, 0.15) is 6.10 Å². The van der Waals surface area contributed by atoms with E-state index in [9.17, 15) is 4.79 Å². The number of rotatable bonds is 8. The predicted octanol–water partition coefficient (Wildman–Crippen LogP) is 3.26. The quantitative estimate of drug-likeness (QED) is 0.269. The van der Waals surface area contributed by atoms with Crippen molar-refractivity contribution in [1.29, 1.82) is 0 Å². The molecule has 154 valence electrons. The van der Waals surface area contributed by atoms with Crippen molar-refractivity contribution in [3.8, 4) is 0 Å². The maximum absolute atomic E-state index is 12.2. The van der Waals surface area contributed by atoms with Gasteiger partial charge in [0.25, 0.3) is 5.91 Å². The van der Waals surface area contributed by atoms with Crippen LogP contribution in [0.4, 0.5) is 5.69 Å². The molecule has 1 atom stereocenters. The Labute approximate surface area is 176 Å². The van der Waals surface area contributed by atoms with Crippen LogP contribution in [0, 0.1) is 0 Å². The molecule has 0 spiro atoms. The van der Waals surface area contributed by atoms with Crippen LogP contribution in [0.3, 0.4) is 0 Å². The molecule has 1 aliphatic heterocycles. The topological polar surface area (TPSA) is 74.8 Å². The van der Waals surface area contributed by atoms with Crippen LogP contribution in [0.1, 0.15) is 18.4 Å². The summed E-state index contributed by atoms with van der Waals surface area (Å²) in [6.45, 7) is 2.10. The van der Waals surface area contributed by atoms with Crippen LogP contribution in [0.2, 0.25) is 0 Å². The molecule has 0 bridgehead atoms. The molecule has 3 N–H and O–H groups in total. The molecular formula is C22H28N4O2S. The third kappa shape index (κ3) is 7.11. The summed E-state index contributed by atoms with van der Waals surface area (Å²) < 4.78 is 5.44. The number of benzene rings is 2. The fourth-order valence-electron chi connectivity index (χ4n) is 3.03. The van der Waals surface area contributed by atoms with E-state index in [4.69, 9.17) is 4.74 Å². The predicted molar refractivity (Wildman–Crippen MR) is 119 cm³/mol. The van der Waals surface area contributed by atoms with E-state index in [1.54, 1.807) is 7.05 Å². The first kappa shape index (κ1) is 21.2. The van der Waals surface area contributed by atoms with Crippen LogP contribution in [0.5, 0.6) is 0 Å². The smallest absolute Gasteiger partial charge is 0.253 e. The van der Waals surface area contributed by atoms with Crippen LogP contribution in [-0.2, 0) is 16.1 Å². The number of amides is 1. The molecule has 29 heavy (non-hydrogen) atoms. The summed E-state index contributed by atoms with van der Waals surface area (Å²) >= 11 is 1.81. The summed E-state index contributed by atoms with van der Waals surface area (Å²) in [5, 5.41) is 9.58. The van der Waals surface area contributed by atoms with Crippen LogP contribution < -0.4 is 16.0 Å². The minimum Gasteiger partial charge on any atom is -0.368 e. The molecule has 0 saturated carbocycles. The highest BCUT2D eigenvalue weighted by Gasteiger charge is 2.23. The zero-order valence-corrected chi connectivity index (χ0v) is 17.5. The third-order valence-corrected chi connectivity index (χ3v) is 5.52. The van der Waals surface area contributed by atoms with Crippen molar-refractivity contribution in [2.75, 3.05) is 31.3 Å². The molecule has 0 aliphatic carbocycles. The van der Waals surface area contributed by atoms with Crippen molar-refractivity contribution in [3.05, 3.63) is 60.2 Å². The van der Waals surface area contributed by atoms with E-state index in [1.165, 1.54) is 4.90 Å². The Balaban J connectivity index is 1.41. The van der Waals surface area contributed by atoms with E-state index in [-0.39, 0.29) is 12.0 Å². The lowest BCUT2D eigenvalue weighted by Gasteiger charge is -2.13. The van der Waals surface area contributed by atoms with E-state index in [0.717, 1.165) is 42.3 Å². The average Bonchev–Trinajstić information content (AvgIpc) is 3.29. The van der Waals surface area contributed by atoms with Crippen LogP contribution in [-0.4, -0.2) is 43.9 Å². The fraction of sp³-hybridized carbons (Fsp3) is 0.364. The molecule has 1 saturated heterocycles. The molecule has 0 aromatic heterocycles. The summed E-state index contributed by atoms with van der Waals surface area (Å²) in [7, 11) is 1.76. The van der Waals surface area contributed by atoms with Crippen molar-refractivity contribution >= 4 is 29.3 Å². The molecule has 2 aromatic carbocycles. The Morgan fingerprint density at radius 1 is 1.17 bits per heavy atom. The van der Waals surface area contributed by atoms with Gasteiger partial charge in [-0.1, -0.05) is 30.3 Å². The summed E-state index contributed by atoms with van der Waals surface area (Å²) in [6, 6.07) is 18.2. The first-order chi connectivity index (χ1) is 14.2. The fourth-order valence-corrected chi connectivity index (χ4v) is 3.82. The van der Waals surface area contributed by atoms with Crippen molar-refractivity contribution in [2.45, 2.75) is 30.4 Å². The molecule has 6 nitrogen and oxygen atoms in total. The minimum atomic E-state index is -0.325. The largest absolute Gasteiger partial charge is 0.368 e. The van der Waals surface area contributed by atoms with Gasteiger partial charge < -0.3 is 20.7 Å². The summed E-state index contributed by atoms with van der Waals surface area (Å²) in [5.41, 5.74) is 1.85. The van der Waals surface area contributed by atoms with Gasteiger partial charge in [-0.2, -0.15) is 0 Å². The number of hydrogen-bond acceptors (Lipinski definition) is 4. The standard InChI is InChI=1S/C22H28N4O2S/c1-23-22(24-12-14-29-19-9-3-2-4-10-19)25-16-17-7-5-8-18(15-17)26-21(27)20-11-6-13-28-20/h2-5,7-10,15,20H,6,11-14,16H2,1H3,(H,26,27)(H2,23,24,25). The van der Waals surface area contributed by atoms with Crippen molar-refractivity contribution in [3.63, 3.8) is 0 Å². The van der Waals surface area contributed by atoms with Gasteiger partial charge in [0, 0.05) is 43.1 Å². The van der Waals surface area contributed by atoms with Gasteiger partial charge in [-0.15, -0.1) is 11.8 Å². The summed E-state index contributed by atoms with van der Waals surface area (Å²) in [6.07, 6.45) is 1.41. The van der Waals surface area contributed by atoms with Gasteiger partial charge >= 0.3 is 0 Å². The number of guanidine groups is 1. The molecule has 1 unspecified atom stereocenters. The minimum absolute atomic E-state index is 0.0685. The lowest BCUT2D eigenvalue weighted by molar-refractivity contribution is -0.124. The summed E-state index contributed by atoms with van der Waals surface area (Å²) in [4.78, 5) is 17.7. The summed E-state index contributed by atoms with van der Waals surface area (Å²) in [5.74, 6) is 1.64. The first-order valence-corrected chi connectivity index (χ1v) is 10.9. The van der Waals surface area contributed by atoms with Gasteiger partial charge in [-0.25, -0.2) is 0 Å². The van der Waals surface area contributed by atoms with Crippen LogP contribution >= 0.6 is 11.8 Å². The zero-order chi connectivity index (χ0) is 20.3. The third-order valence-electron chi connectivity index (χ3n) is 4.51. The van der Waals surface area contributed by atoms with Crippen molar-refractivity contribution in [2.24, 2.45) is 4.99 Å². The molecular weight excluding hydrogens is 384 g/mol. The second kappa shape index (κ2) is 11.5. The second-order valence-electron chi connectivity index (χ2n) is 6.71. The number of nitrogens with one attached hydrogen (secondary N) is 3. The van der Waals surface area contributed by atoms with Crippen molar-refractivity contribution in [1.82, 2.24) is 10.6 Å². The van der Waals surface area contributed by atoms with Gasteiger partial charge in [-0.3, -0.25) is 9.79 Å². The molecule has 1 fully saturated rings. The molecule has 0 radical (unpaired) electrons. The van der Waals surface area contributed by atoms with E-state index in [1.807, 2.05) is 54.2 Å². The van der Waals surface area contributed by atoms with E-state index in [0.29, 0.717) is 13.2 Å². The monoisotopic (exact) mass is 412 g/mol. The zero-order valence-electron chi connectivity index (χ0n) is 16.7. The van der Waals surface area contributed by atoms with Gasteiger partial charge in [0.15, 0.2) is 5.96 Å². The number of thioether (sulfide) groups is 1.